The van der Waals surface area contributed by atoms with Crippen molar-refractivity contribution in [2.45, 2.75) is 50.3 Å². The van der Waals surface area contributed by atoms with E-state index in [9.17, 15) is 21.6 Å². The molecular weight excluding hydrogens is 592 g/mol. The Bertz CT molecular complexity index is 1490. The highest BCUT2D eigenvalue weighted by Gasteiger charge is 2.26. The van der Waals surface area contributed by atoms with Gasteiger partial charge < -0.3 is 4.90 Å². The number of carbonyl (C=O) groups excluding carboxylic acids is 1. The second kappa shape index (κ2) is 14.7. The van der Waals surface area contributed by atoms with Crippen LogP contribution in [0.1, 0.15) is 50.9 Å². The standard InChI is InChI=1S/C27H38N4O5S3.ClH/c1-6-10-18-30(9-4)39(35,36)22-16-14-21(15-17-22)26(32)31(20-19-29(7-2)8-3)27-28-25-23(37-27)12-11-13-24(25)38(5,33)34;/h11-17H,6-10,18-20H2,1-5H3;1H. The maximum atomic E-state index is 13.8. The Morgan fingerprint density at radius 2 is 1.52 bits per heavy atom. The van der Waals surface area contributed by atoms with Crippen LogP contribution >= 0.6 is 23.7 Å². The van der Waals surface area contributed by atoms with Crippen molar-refractivity contribution in [1.82, 2.24) is 14.2 Å². The summed E-state index contributed by atoms with van der Waals surface area (Å²) in [6.45, 7) is 11.3. The third kappa shape index (κ3) is 7.80. The van der Waals surface area contributed by atoms with E-state index in [-0.39, 0.29) is 28.1 Å². The van der Waals surface area contributed by atoms with E-state index in [0.717, 1.165) is 32.2 Å². The minimum Gasteiger partial charge on any atom is -0.302 e. The number of nitrogens with zero attached hydrogens (tertiary/aromatic N) is 4. The first-order valence-electron chi connectivity index (χ1n) is 13.2. The molecule has 0 aliphatic heterocycles. The fraction of sp³-hybridized carbons (Fsp3) is 0.481. The molecule has 0 saturated carbocycles. The van der Waals surface area contributed by atoms with Crippen LogP contribution in [0.4, 0.5) is 5.13 Å². The molecule has 2 aromatic carbocycles. The lowest BCUT2D eigenvalue weighted by Gasteiger charge is -2.25. The zero-order chi connectivity index (χ0) is 28.8. The SMILES string of the molecule is CCCCN(CC)S(=O)(=O)c1ccc(C(=O)N(CCN(CC)CC)c2nc3c(S(C)(=O)=O)cccc3s2)cc1.Cl. The molecule has 222 valence electrons. The van der Waals surface area contributed by atoms with Gasteiger partial charge in [-0.1, -0.05) is 51.5 Å². The average molecular weight is 631 g/mol. The summed E-state index contributed by atoms with van der Waals surface area (Å²) in [5, 5.41) is 0.395. The Kier molecular flexibility index (Phi) is 12.5. The number of aromatic nitrogens is 1. The number of halogens is 1. The molecule has 3 aromatic rings. The molecular formula is C27H39ClN4O5S3. The zero-order valence-corrected chi connectivity index (χ0v) is 26.9. The first-order valence-corrected chi connectivity index (χ1v) is 17.4. The maximum Gasteiger partial charge on any atom is 0.260 e. The van der Waals surface area contributed by atoms with Gasteiger partial charge in [0.15, 0.2) is 15.0 Å². The minimum atomic E-state index is -3.67. The summed E-state index contributed by atoms with van der Waals surface area (Å²) < 4.78 is 53.1. The predicted octanol–water partition coefficient (Wildman–Crippen LogP) is 4.92. The van der Waals surface area contributed by atoms with E-state index in [2.05, 4.69) is 9.88 Å². The summed E-state index contributed by atoms with van der Waals surface area (Å²) in [5.41, 5.74) is 0.668. The van der Waals surface area contributed by atoms with Gasteiger partial charge in [0.05, 0.1) is 14.5 Å². The van der Waals surface area contributed by atoms with E-state index in [1.807, 2.05) is 27.7 Å². The molecule has 0 radical (unpaired) electrons. The largest absolute Gasteiger partial charge is 0.302 e. The first-order chi connectivity index (χ1) is 18.5. The number of carbonyl (C=O) groups is 1. The molecule has 0 spiro atoms. The Morgan fingerprint density at radius 1 is 0.875 bits per heavy atom. The van der Waals surface area contributed by atoms with Crippen molar-refractivity contribution in [3.05, 3.63) is 48.0 Å². The molecule has 0 N–H and O–H groups in total. The van der Waals surface area contributed by atoms with Gasteiger partial charge in [-0.15, -0.1) is 12.4 Å². The van der Waals surface area contributed by atoms with E-state index in [1.54, 1.807) is 17.0 Å². The number of para-hydroxylation sites is 1. The van der Waals surface area contributed by atoms with Gasteiger partial charge in [0.1, 0.15) is 5.52 Å². The van der Waals surface area contributed by atoms with E-state index in [1.165, 1.54) is 46.0 Å². The van der Waals surface area contributed by atoms with Crippen molar-refractivity contribution in [2.24, 2.45) is 0 Å². The number of anilines is 1. The molecule has 40 heavy (non-hydrogen) atoms. The monoisotopic (exact) mass is 630 g/mol. The van der Waals surface area contributed by atoms with E-state index >= 15 is 0 Å². The van der Waals surface area contributed by atoms with Crippen LogP contribution < -0.4 is 4.90 Å². The number of hydrogen-bond acceptors (Lipinski definition) is 8. The normalized spacial score (nSPS) is 12.2. The molecule has 0 fully saturated rings. The number of amides is 1. The van der Waals surface area contributed by atoms with Crippen molar-refractivity contribution in [3.8, 4) is 0 Å². The summed E-state index contributed by atoms with van der Waals surface area (Å²) >= 11 is 1.26. The molecule has 0 unspecified atom stereocenters. The molecule has 1 heterocycles. The number of unbranched alkanes of at least 4 members (excludes halogenated alkanes) is 1. The predicted molar refractivity (Wildman–Crippen MR) is 165 cm³/mol. The number of hydrogen-bond donors (Lipinski definition) is 0. The smallest absolute Gasteiger partial charge is 0.260 e. The lowest BCUT2D eigenvalue weighted by Crippen LogP contribution is -2.39. The van der Waals surface area contributed by atoms with Crippen LogP contribution in [0.3, 0.4) is 0 Å². The third-order valence-electron chi connectivity index (χ3n) is 6.63. The van der Waals surface area contributed by atoms with E-state index in [4.69, 9.17) is 0 Å². The van der Waals surface area contributed by atoms with Gasteiger partial charge in [0, 0.05) is 38.0 Å². The summed E-state index contributed by atoms with van der Waals surface area (Å²) in [7, 11) is -7.18. The molecule has 1 aromatic heterocycles. The molecule has 0 saturated heterocycles. The second-order valence-electron chi connectivity index (χ2n) is 9.23. The highest BCUT2D eigenvalue weighted by Crippen LogP contribution is 2.33. The Balaban J connectivity index is 0.00000560. The summed E-state index contributed by atoms with van der Waals surface area (Å²) in [6, 6.07) is 11.0. The summed E-state index contributed by atoms with van der Waals surface area (Å²) in [6.07, 6.45) is 2.80. The van der Waals surface area contributed by atoms with Crippen molar-refractivity contribution < 1.29 is 21.6 Å². The lowest BCUT2D eigenvalue weighted by atomic mass is 10.2. The average Bonchev–Trinajstić information content (AvgIpc) is 3.34. The molecule has 9 nitrogen and oxygen atoms in total. The van der Waals surface area contributed by atoms with Gasteiger partial charge in [0.2, 0.25) is 10.0 Å². The van der Waals surface area contributed by atoms with Crippen LogP contribution in [-0.4, -0.2) is 82.5 Å². The first kappa shape index (κ1) is 34.1. The highest BCUT2D eigenvalue weighted by atomic mass is 35.5. The quantitative estimate of drug-likeness (QED) is 0.249. The molecule has 0 bridgehead atoms. The van der Waals surface area contributed by atoms with Gasteiger partial charge in [-0.2, -0.15) is 4.31 Å². The van der Waals surface area contributed by atoms with Crippen molar-refractivity contribution in [1.29, 1.82) is 0 Å². The number of sulfone groups is 1. The van der Waals surface area contributed by atoms with Crippen molar-refractivity contribution in [3.63, 3.8) is 0 Å². The van der Waals surface area contributed by atoms with Crippen LogP contribution in [0.25, 0.3) is 10.2 Å². The lowest BCUT2D eigenvalue weighted by molar-refractivity contribution is 0.0983. The maximum absolute atomic E-state index is 13.8. The summed E-state index contributed by atoms with van der Waals surface area (Å²) in [5.74, 6) is -0.329. The van der Waals surface area contributed by atoms with Gasteiger partial charge >= 0.3 is 0 Å². The van der Waals surface area contributed by atoms with Gasteiger partial charge in [-0.3, -0.25) is 9.69 Å². The minimum absolute atomic E-state index is 0. The second-order valence-corrected chi connectivity index (χ2v) is 14.2. The zero-order valence-electron chi connectivity index (χ0n) is 23.7. The molecule has 0 atom stereocenters. The number of benzene rings is 2. The van der Waals surface area contributed by atoms with Crippen LogP contribution in [0.15, 0.2) is 52.3 Å². The Morgan fingerprint density at radius 3 is 2.08 bits per heavy atom. The molecule has 1 amide bonds. The fourth-order valence-electron chi connectivity index (χ4n) is 4.25. The van der Waals surface area contributed by atoms with Gasteiger partial charge in [-0.05, 0) is 55.9 Å². The van der Waals surface area contributed by atoms with Crippen LogP contribution in [0.2, 0.25) is 0 Å². The fourth-order valence-corrected chi connectivity index (χ4v) is 7.65. The van der Waals surface area contributed by atoms with Crippen molar-refractivity contribution >= 4 is 64.9 Å². The molecule has 13 heteroatoms. The van der Waals surface area contributed by atoms with Crippen LogP contribution in [-0.2, 0) is 19.9 Å². The molecule has 0 aliphatic rings. The topological polar surface area (TPSA) is 108 Å². The number of sulfonamides is 1. The van der Waals surface area contributed by atoms with Crippen molar-refractivity contribution in [2.75, 3.05) is 50.4 Å². The number of thiazole rings is 1. The van der Waals surface area contributed by atoms with E-state index in [0.29, 0.717) is 47.1 Å². The summed E-state index contributed by atoms with van der Waals surface area (Å²) in [4.78, 5) is 22.4. The van der Waals surface area contributed by atoms with Crippen LogP contribution in [0.5, 0.6) is 0 Å². The number of likely N-dealkylation sites (N-methyl/N-ethyl adjacent to an activating group) is 1. The van der Waals surface area contributed by atoms with Gasteiger partial charge in [0.25, 0.3) is 5.91 Å². The van der Waals surface area contributed by atoms with E-state index < -0.39 is 19.9 Å². The molecule has 0 aliphatic carbocycles. The van der Waals surface area contributed by atoms with Crippen LogP contribution in [0, 0.1) is 0 Å². The number of rotatable bonds is 14. The number of fused-ring (bicyclic) bond motifs is 1. The third-order valence-corrected chi connectivity index (χ3v) is 10.8. The molecule has 3 rings (SSSR count). The van der Waals surface area contributed by atoms with Gasteiger partial charge in [-0.25, -0.2) is 21.8 Å². The Hall–Kier alpha value is -2.09. The Labute approximate surface area is 248 Å². The highest BCUT2D eigenvalue weighted by molar-refractivity contribution is 7.91.